The Labute approximate surface area is 269 Å². The van der Waals surface area contributed by atoms with Crippen molar-refractivity contribution < 1.29 is 12.7 Å². The fraction of sp³-hybridized carbons (Fsp3) is 0.667. The van der Waals surface area contributed by atoms with Gasteiger partial charge in [0.25, 0.3) is 0 Å². The van der Waals surface area contributed by atoms with Crippen molar-refractivity contribution in [3.63, 3.8) is 0 Å². The third-order valence-electron chi connectivity index (χ3n) is 10.4. The second kappa shape index (κ2) is 20.4. The van der Waals surface area contributed by atoms with Crippen LogP contribution in [0.2, 0.25) is 0 Å². The van der Waals surface area contributed by atoms with Gasteiger partial charge in [-0.2, -0.15) is 0 Å². The zero-order valence-electron chi connectivity index (χ0n) is 25.3. The smallest absolute Gasteiger partial charge is 0.0620 e. The van der Waals surface area contributed by atoms with E-state index in [9.17, 15) is 0 Å². The van der Waals surface area contributed by atoms with Crippen LogP contribution in [-0.2, 0) is 12.7 Å². The number of hydrogen-bond acceptors (Lipinski definition) is 0. The molecule has 0 heterocycles. The average Bonchev–Trinajstić information content (AvgIpc) is 3.05. The van der Waals surface area contributed by atoms with Gasteiger partial charge in [0.15, 0.2) is 0 Å². The summed E-state index contributed by atoms with van der Waals surface area (Å²) >= 11 is 0.569. The summed E-state index contributed by atoms with van der Waals surface area (Å²) < 4.78 is 0. The van der Waals surface area contributed by atoms with Crippen molar-refractivity contribution in [2.45, 2.75) is 151 Å². The van der Waals surface area contributed by atoms with Crippen LogP contribution >= 0.6 is 36.2 Å². The number of halogens is 2. The molecule has 0 nitrogen and oxygen atoms in total. The first-order chi connectivity index (χ1) is 20.3. The molecule has 2 aromatic carbocycles. The molecule has 0 amide bonds. The molecule has 41 heavy (non-hydrogen) atoms. The molecule has 0 aromatic heterocycles. The molecule has 4 aliphatic carbocycles. The quantitative estimate of drug-likeness (QED) is 0.211. The van der Waals surface area contributed by atoms with Crippen LogP contribution in [0.1, 0.15) is 128 Å². The molecule has 0 unspecified atom stereocenters. The van der Waals surface area contributed by atoms with Gasteiger partial charge in [0.1, 0.15) is 0 Å². The van der Waals surface area contributed by atoms with Crippen LogP contribution in [0.3, 0.4) is 0 Å². The molecule has 2 aromatic rings. The summed E-state index contributed by atoms with van der Waals surface area (Å²) in [5, 5.41) is 3.48. The molecule has 0 atom stereocenters. The molecule has 0 bridgehead atoms. The van der Waals surface area contributed by atoms with E-state index in [1.54, 1.807) is 10.6 Å². The summed E-state index contributed by atoms with van der Waals surface area (Å²) in [5.41, 5.74) is 4.29. The van der Waals surface area contributed by atoms with E-state index in [0.29, 0.717) is 12.7 Å². The predicted molar refractivity (Wildman–Crippen MR) is 188 cm³/mol. The van der Waals surface area contributed by atoms with Gasteiger partial charge in [-0.05, 0) is 127 Å². The maximum atomic E-state index is 4.70. The first kappa shape index (κ1) is 34.3. The number of rotatable bonds is 6. The Morgan fingerprint density at radius 3 is 0.829 bits per heavy atom. The fourth-order valence-corrected chi connectivity index (χ4v) is 17.0. The molecule has 232 valence electrons. The van der Waals surface area contributed by atoms with Crippen molar-refractivity contribution in [1.29, 1.82) is 0 Å². The van der Waals surface area contributed by atoms with Crippen LogP contribution in [0, 0.1) is 0 Å². The molecule has 0 N–H and O–H groups in total. The van der Waals surface area contributed by atoms with E-state index in [-0.39, 0.29) is 15.8 Å². The predicted octanol–water partition coefficient (Wildman–Crippen LogP) is 11.8. The largest absolute Gasteiger partial charge is 0.0920 e. The second-order valence-corrected chi connectivity index (χ2v) is 20.9. The number of benzene rings is 2. The minimum atomic E-state index is -0.323. The third kappa shape index (κ3) is 11.4. The third-order valence-corrected chi connectivity index (χ3v) is 18.2. The number of hydrogen-bond donors (Lipinski definition) is 0. The molecular formula is C36H56Cl2NiP2+2. The van der Waals surface area contributed by atoms with Gasteiger partial charge in [-0.15, -0.1) is 0 Å². The maximum Gasteiger partial charge on any atom is 0.0920 e. The Morgan fingerprint density at radius 2 is 0.610 bits per heavy atom. The maximum absolute atomic E-state index is 4.70. The zero-order valence-corrected chi connectivity index (χ0v) is 29.8. The summed E-state index contributed by atoms with van der Waals surface area (Å²) in [6.07, 6.45) is 30.2. The monoisotopic (exact) mass is 678 g/mol. The van der Waals surface area contributed by atoms with E-state index in [1.807, 2.05) is 0 Å². The van der Waals surface area contributed by atoms with Crippen LogP contribution in [0.25, 0.3) is 0 Å². The molecule has 0 saturated heterocycles. The van der Waals surface area contributed by atoms with Gasteiger partial charge >= 0.3 is 33.0 Å². The summed E-state index contributed by atoms with van der Waals surface area (Å²) in [4.78, 5) is 0. The van der Waals surface area contributed by atoms with E-state index < -0.39 is 0 Å². The first-order valence-electron chi connectivity index (χ1n) is 17.0. The molecule has 6 rings (SSSR count). The Bertz CT molecular complexity index is 794. The van der Waals surface area contributed by atoms with Crippen molar-refractivity contribution in [3.8, 4) is 0 Å². The van der Waals surface area contributed by atoms with Gasteiger partial charge in [0.2, 0.25) is 0 Å². The van der Waals surface area contributed by atoms with Crippen molar-refractivity contribution in [2.24, 2.45) is 0 Å². The van der Waals surface area contributed by atoms with Crippen molar-refractivity contribution in [1.82, 2.24) is 0 Å². The molecule has 0 aliphatic heterocycles. The van der Waals surface area contributed by atoms with E-state index in [1.165, 1.54) is 128 Å². The molecule has 4 fully saturated rings. The van der Waals surface area contributed by atoms with Crippen molar-refractivity contribution in [3.05, 3.63) is 60.7 Å². The van der Waals surface area contributed by atoms with E-state index >= 15 is 0 Å². The molecule has 4 saturated carbocycles. The van der Waals surface area contributed by atoms with Crippen molar-refractivity contribution in [2.75, 3.05) is 0 Å². The van der Waals surface area contributed by atoms with Crippen LogP contribution in [0.15, 0.2) is 60.7 Å². The summed E-state index contributed by atoms with van der Waals surface area (Å²) in [6.45, 7) is 0. The summed E-state index contributed by atoms with van der Waals surface area (Å²) in [7, 11) is 8.76. The Morgan fingerprint density at radius 1 is 0.390 bits per heavy atom. The van der Waals surface area contributed by atoms with Gasteiger partial charge in [0, 0.05) is 15.8 Å². The van der Waals surface area contributed by atoms with Crippen LogP contribution in [0.5, 0.6) is 0 Å². The van der Waals surface area contributed by atoms with E-state index in [0.717, 1.165) is 22.6 Å². The van der Waals surface area contributed by atoms with Gasteiger partial charge in [-0.3, -0.25) is 0 Å². The first-order valence-corrected chi connectivity index (χ1v) is 23.0. The average molecular weight is 680 g/mol. The molecular weight excluding hydrogens is 624 g/mol. The van der Waals surface area contributed by atoms with Gasteiger partial charge < -0.3 is 0 Å². The standard InChI is InChI=1S/2C18H27P.2ClH.Ni/c2*1-4-10-16(11-5-1)19(17-12-6-2-7-13-17)18-14-8-3-9-15-18;;;/h2*1,4-5,10-11,17-18H,2-3,6-9,12-15H2;2*1H;/q;;;;+2. The summed E-state index contributed by atoms with van der Waals surface area (Å²) in [6, 6.07) is 23.2. The fourth-order valence-electron chi connectivity index (χ4n) is 8.53. The normalized spacial score (nSPS) is 21.7. The topological polar surface area (TPSA) is 0 Å². The van der Waals surface area contributed by atoms with Crippen LogP contribution in [-0.4, -0.2) is 22.6 Å². The van der Waals surface area contributed by atoms with Crippen LogP contribution in [0.4, 0.5) is 0 Å². The Balaban J connectivity index is 0.000000173. The Hall–Kier alpha value is 0.374. The molecule has 4 aliphatic rings. The molecule has 0 radical (unpaired) electrons. The SMILES string of the molecule is [Cl][Ni][Cl].c1ccc([PH+](C2CCCCC2)C2CCCCC2)cc1.c1ccc([PH+](C2CCCCC2)C2CCCCC2)cc1. The van der Waals surface area contributed by atoms with Gasteiger partial charge in [-0.1, -0.05) is 62.1 Å². The van der Waals surface area contributed by atoms with Crippen LogP contribution < -0.4 is 10.6 Å². The molecule has 0 spiro atoms. The Kier molecular flexibility index (Phi) is 17.1. The van der Waals surface area contributed by atoms with E-state index in [4.69, 9.17) is 20.4 Å². The van der Waals surface area contributed by atoms with Gasteiger partial charge in [-0.25, -0.2) is 0 Å². The second-order valence-electron chi connectivity index (χ2n) is 13.0. The zero-order chi connectivity index (χ0) is 28.5. The molecule has 5 heteroatoms. The van der Waals surface area contributed by atoms with Gasteiger partial charge in [0.05, 0.1) is 33.2 Å². The minimum Gasteiger partial charge on any atom is -0.0620 e. The summed E-state index contributed by atoms with van der Waals surface area (Å²) in [5.74, 6) is 0. The minimum absolute atomic E-state index is 0.323. The van der Waals surface area contributed by atoms with Crippen molar-refractivity contribution >= 4 is 46.8 Å². The van der Waals surface area contributed by atoms with E-state index in [2.05, 4.69) is 60.7 Å².